The molecule has 0 bridgehead atoms. The van der Waals surface area contributed by atoms with Crippen LogP contribution in [0, 0.1) is 12.8 Å². The van der Waals surface area contributed by atoms with E-state index in [0.29, 0.717) is 0 Å². The van der Waals surface area contributed by atoms with Crippen molar-refractivity contribution in [2.24, 2.45) is 5.92 Å². The van der Waals surface area contributed by atoms with Crippen molar-refractivity contribution in [1.82, 2.24) is 5.32 Å². The third kappa shape index (κ3) is 3.16. The largest absolute Gasteiger partial charge is 0.399 e. The Labute approximate surface area is 102 Å². The zero-order valence-electron chi connectivity index (χ0n) is 9.83. The van der Waals surface area contributed by atoms with Crippen LogP contribution in [-0.4, -0.2) is 18.8 Å². The number of piperidine rings is 1. The number of nitrogen functional groups attached to an aromatic ring is 1. The van der Waals surface area contributed by atoms with Gasteiger partial charge in [0.1, 0.15) is 0 Å². The molecule has 16 heavy (non-hydrogen) atoms. The third-order valence-corrected chi connectivity index (χ3v) is 4.47. The van der Waals surface area contributed by atoms with E-state index in [0.717, 1.165) is 11.6 Å². The molecular weight excluding hydrogens is 216 g/mol. The van der Waals surface area contributed by atoms with Crippen LogP contribution in [0.2, 0.25) is 0 Å². The number of anilines is 1. The van der Waals surface area contributed by atoms with Gasteiger partial charge in [-0.25, -0.2) is 0 Å². The zero-order chi connectivity index (χ0) is 11.4. The number of hydrogen-bond donors (Lipinski definition) is 2. The number of nitrogens with two attached hydrogens (primary N) is 1. The maximum Gasteiger partial charge on any atom is 0.0325 e. The first-order valence-corrected chi connectivity index (χ1v) is 6.94. The van der Waals surface area contributed by atoms with Crippen LogP contribution in [0.3, 0.4) is 0 Å². The van der Waals surface area contributed by atoms with E-state index in [-0.39, 0.29) is 0 Å². The third-order valence-electron chi connectivity index (χ3n) is 3.09. The molecule has 1 aliphatic heterocycles. The summed E-state index contributed by atoms with van der Waals surface area (Å²) < 4.78 is 0. The lowest BCUT2D eigenvalue weighted by Crippen LogP contribution is -2.30. The summed E-state index contributed by atoms with van der Waals surface area (Å²) in [5, 5.41) is 3.46. The number of nitrogens with one attached hydrogen (secondary N) is 1. The highest BCUT2D eigenvalue weighted by atomic mass is 32.2. The van der Waals surface area contributed by atoms with E-state index >= 15 is 0 Å². The van der Waals surface area contributed by atoms with Crippen molar-refractivity contribution in [2.45, 2.75) is 24.7 Å². The van der Waals surface area contributed by atoms with Gasteiger partial charge in [0.15, 0.2) is 0 Å². The Bertz CT molecular complexity index is 346. The van der Waals surface area contributed by atoms with Crippen LogP contribution in [0.25, 0.3) is 0 Å². The van der Waals surface area contributed by atoms with Crippen LogP contribution in [0.15, 0.2) is 23.1 Å². The predicted molar refractivity (Wildman–Crippen MR) is 71.9 cm³/mol. The fourth-order valence-corrected chi connectivity index (χ4v) is 3.26. The second-order valence-electron chi connectivity index (χ2n) is 4.55. The van der Waals surface area contributed by atoms with Crippen LogP contribution in [-0.2, 0) is 0 Å². The van der Waals surface area contributed by atoms with Gasteiger partial charge in [0.05, 0.1) is 0 Å². The van der Waals surface area contributed by atoms with Crippen molar-refractivity contribution in [3.8, 4) is 0 Å². The lowest BCUT2D eigenvalue weighted by Gasteiger charge is -2.22. The van der Waals surface area contributed by atoms with E-state index in [4.69, 9.17) is 5.73 Å². The molecule has 1 aromatic carbocycles. The minimum Gasteiger partial charge on any atom is -0.399 e. The smallest absolute Gasteiger partial charge is 0.0325 e. The van der Waals surface area contributed by atoms with E-state index in [1.807, 2.05) is 17.8 Å². The van der Waals surface area contributed by atoms with Crippen LogP contribution in [0.5, 0.6) is 0 Å². The highest BCUT2D eigenvalue weighted by Crippen LogP contribution is 2.28. The average molecular weight is 236 g/mol. The van der Waals surface area contributed by atoms with Gasteiger partial charge in [-0.3, -0.25) is 0 Å². The Morgan fingerprint density at radius 1 is 1.50 bits per heavy atom. The quantitative estimate of drug-likeness (QED) is 0.626. The lowest BCUT2D eigenvalue weighted by molar-refractivity contribution is 0.410. The summed E-state index contributed by atoms with van der Waals surface area (Å²) in [5.41, 5.74) is 8.02. The summed E-state index contributed by atoms with van der Waals surface area (Å²) >= 11 is 1.95. The first kappa shape index (κ1) is 11.8. The molecule has 88 valence electrons. The highest BCUT2D eigenvalue weighted by Gasteiger charge is 2.13. The summed E-state index contributed by atoms with van der Waals surface area (Å²) in [4.78, 5) is 1.34. The van der Waals surface area contributed by atoms with E-state index in [1.165, 1.54) is 42.1 Å². The van der Waals surface area contributed by atoms with Crippen molar-refractivity contribution in [3.05, 3.63) is 23.8 Å². The summed E-state index contributed by atoms with van der Waals surface area (Å²) in [6.07, 6.45) is 2.68. The van der Waals surface area contributed by atoms with Crippen LogP contribution in [0.4, 0.5) is 5.69 Å². The topological polar surface area (TPSA) is 38.0 Å². The Morgan fingerprint density at radius 2 is 2.38 bits per heavy atom. The molecule has 1 aromatic rings. The van der Waals surface area contributed by atoms with E-state index in [9.17, 15) is 0 Å². The minimum atomic E-state index is 0.819. The summed E-state index contributed by atoms with van der Waals surface area (Å²) in [6, 6.07) is 6.18. The Morgan fingerprint density at radius 3 is 3.12 bits per heavy atom. The number of benzene rings is 1. The molecule has 1 saturated heterocycles. The van der Waals surface area contributed by atoms with Crippen LogP contribution < -0.4 is 11.1 Å². The molecule has 0 aromatic heterocycles. The van der Waals surface area contributed by atoms with Crippen molar-refractivity contribution in [2.75, 3.05) is 24.6 Å². The molecule has 0 radical (unpaired) electrons. The lowest BCUT2D eigenvalue weighted by atomic mass is 10.0. The van der Waals surface area contributed by atoms with Gasteiger partial charge in [-0.2, -0.15) is 0 Å². The first-order valence-electron chi connectivity index (χ1n) is 5.95. The minimum absolute atomic E-state index is 0.819. The van der Waals surface area contributed by atoms with E-state index < -0.39 is 0 Å². The molecular formula is C13H20N2S. The first-order chi connectivity index (χ1) is 7.75. The van der Waals surface area contributed by atoms with Gasteiger partial charge in [0.2, 0.25) is 0 Å². The van der Waals surface area contributed by atoms with Crippen molar-refractivity contribution in [1.29, 1.82) is 0 Å². The maximum atomic E-state index is 5.81. The molecule has 0 saturated carbocycles. The number of rotatable bonds is 3. The van der Waals surface area contributed by atoms with Gasteiger partial charge in [0, 0.05) is 16.3 Å². The number of aryl methyl sites for hydroxylation is 1. The molecule has 2 nitrogen and oxygen atoms in total. The Balaban J connectivity index is 1.90. The van der Waals surface area contributed by atoms with E-state index in [2.05, 4.69) is 24.4 Å². The van der Waals surface area contributed by atoms with Crippen LogP contribution in [0.1, 0.15) is 18.4 Å². The summed E-state index contributed by atoms with van der Waals surface area (Å²) in [6.45, 7) is 4.52. The SMILES string of the molecule is Cc1ccc(N)cc1SCC1CCCNC1. The molecule has 0 amide bonds. The normalized spacial score (nSPS) is 20.9. The second-order valence-corrected chi connectivity index (χ2v) is 5.61. The molecule has 2 rings (SSSR count). The van der Waals surface area contributed by atoms with Crippen molar-refractivity contribution < 1.29 is 0 Å². The molecule has 1 aliphatic rings. The standard InChI is InChI=1S/C13H20N2S/c1-10-4-5-12(14)7-13(10)16-9-11-3-2-6-15-8-11/h4-5,7,11,15H,2-3,6,8-9,14H2,1H3. The number of hydrogen-bond acceptors (Lipinski definition) is 3. The Hall–Kier alpha value is -0.670. The highest BCUT2D eigenvalue weighted by molar-refractivity contribution is 7.99. The molecule has 0 aliphatic carbocycles. The average Bonchev–Trinajstić information content (AvgIpc) is 2.32. The summed E-state index contributed by atoms with van der Waals surface area (Å²) in [5.74, 6) is 2.02. The molecule has 1 unspecified atom stereocenters. The van der Waals surface area contributed by atoms with E-state index in [1.54, 1.807) is 0 Å². The van der Waals surface area contributed by atoms with Gasteiger partial charge in [-0.15, -0.1) is 11.8 Å². The van der Waals surface area contributed by atoms with Crippen molar-refractivity contribution in [3.63, 3.8) is 0 Å². The van der Waals surface area contributed by atoms with Gasteiger partial charge in [0.25, 0.3) is 0 Å². The van der Waals surface area contributed by atoms with Gasteiger partial charge in [-0.1, -0.05) is 6.07 Å². The fourth-order valence-electron chi connectivity index (χ4n) is 2.05. The molecule has 1 atom stereocenters. The summed E-state index contributed by atoms with van der Waals surface area (Å²) in [7, 11) is 0. The van der Waals surface area contributed by atoms with Gasteiger partial charge in [-0.05, 0) is 56.5 Å². The fraction of sp³-hybridized carbons (Fsp3) is 0.538. The van der Waals surface area contributed by atoms with Crippen molar-refractivity contribution >= 4 is 17.4 Å². The van der Waals surface area contributed by atoms with Gasteiger partial charge < -0.3 is 11.1 Å². The number of thioether (sulfide) groups is 1. The molecule has 3 heteroatoms. The van der Waals surface area contributed by atoms with Gasteiger partial charge >= 0.3 is 0 Å². The maximum absolute atomic E-state index is 5.81. The monoisotopic (exact) mass is 236 g/mol. The molecule has 1 fully saturated rings. The zero-order valence-corrected chi connectivity index (χ0v) is 10.6. The molecule has 3 N–H and O–H groups in total. The molecule has 0 spiro atoms. The van der Waals surface area contributed by atoms with Crippen LogP contribution >= 0.6 is 11.8 Å². The molecule has 1 heterocycles. The second kappa shape index (κ2) is 5.60. The Kier molecular flexibility index (Phi) is 4.13. The predicted octanol–water partition coefficient (Wildman–Crippen LogP) is 2.67.